The van der Waals surface area contributed by atoms with Crippen molar-refractivity contribution < 1.29 is 0 Å². The second-order valence-electron chi connectivity index (χ2n) is 3.45. The number of rotatable bonds is 0. The van der Waals surface area contributed by atoms with Gasteiger partial charge >= 0.3 is 0 Å². The minimum atomic E-state index is 0.876. The van der Waals surface area contributed by atoms with E-state index >= 15 is 0 Å². The first-order valence-corrected chi connectivity index (χ1v) is 4.32. The topological polar surface area (TPSA) is 3.24 Å². The van der Waals surface area contributed by atoms with Gasteiger partial charge in [0, 0.05) is 18.3 Å². The molecule has 0 bridgehead atoms. The van der Waals surface area contributed by atoms with Gasteiger partial charge in [0.1, 0.15) is 0 Å². The summed E-state index contributed by atoms with van der Waals surface area (Å²) < 4.78 is 0. The Morgan fingerprint density at radius 3 is 2.90 bits per heavy atom. The van der Waals surface area contributed by atoms with Crippen molar-refractivity contribution in [1.29, 1.82) is 0 Å². The normalized spacial score (nSPS) is 32.6. The van der Waals surface area contributed by atoms with E-state index in [1.165, 1.54) is 44.3 Å². The number of piperidine rings is 1. The Morgan fingerprint density at radius 1 is 1.30 bits per heavy atom. The summed E-state index contributed by atoms with van der Waals surface area (Å²) >= 11 is 0. The van der Waals surface area contributed by atoms with E-state index in [1.54, 1.807) is 0 Å². The Hall–Kier alpha value is -0.460. The maximum Gasteiger partial charge on any atom is 0.0287 e. The number of nitrogens with zero attached hydrogens (tertiary/aromatic N) is 1. The average molecular weight is 137 g/mol. The van der Waals surface area contributed by atoms with Gasteiger partial charge in [-0.05, 0) is 32.1 Å². The van der Waals surface area contributed by atoms with Crippen molar-refractivity contribution in [3.8, 4) is 0 Å². The van der Waals surface area contributed by atoms with Crippen molar-refractivity contribution in [3.63, 3.8) is 0 Å². The fourth-order valence-corrected chi connectivity index (χ4v) is 2.24. The summed E-state index contributed by atoms with van der Waals surface area (Å²) in [5.74, 6) is 0. The average Bonchev–Trinajstić information content (AvgIpc) is 2.36. The molecule has 0 N–H and O–H groups in total. The highest BCUT2D eigenvalue weighted by atomic mass is 15.2. The quantitative estimate of drug-likeness (QED) is 0.494. The minimum absolute atomic E-state index is 0.876. The Balaban J connectivity index is 2.10. The third-order valence-corrected chi connectivity index (χ3v) is 2.79. The monoisotopic (exact) mass is 137 g/mol. The summed E-state index contributed by atoms with van der Waals surface area (Å²) in [7, 11) is 0. The van der Waals surface area contributed by atoms with Crippen LogP contribution >= 0.6 is 0 Å². The van der Waals surface area contributed by atoms with Gasteiger partial charge in [0.05, 0.1) is 0 Å². The second kappa shape index (κ2) is 2.30. The highest BCUT2D eigenvalue weighted by Gasteiger charge is 2.27. The van der Waals surface area contributed by atoms with Crippen LogP contribution in [0, 0.1) is 0 Å². The zero-order valence-electron chi connectivity index (χ0n) is 6.47. The summed E-state index contributed by atoms with van der Waals surface area (Å²) in [5.41, 5.74) is 1.40. The lowest BCUT2D eigenvalue weighted by molar-refractivity contribution is 0.256. The predicted octanol–water partition coefficient (Wildman–Crippen LogP) is 2.15. The minimum Gasteiger partial charge on any atom is -0.372 e. The molecule has 0 amide bonds. The Morgan fingerprint density at radius 2 is 2.10 bits per heavy atom. The van der Waals surface area contributed by atoms with E-state index in [1.807, 2.05) is 0 Å². The summed E-state index contributed by atoms with van der Waals surface area (Å²) in [6, 6.07) is 0.876. The molecule has 10 heavy (non-hydrogen) atoms. The van der Waals surface area contributed by atoms with Crippen molar-refractivity contribution in [2.24, 2.45) is 0 Å². The Kier molecular flexibility index (Phi) is 1.44. The van der Waals surface area contributed by atoms with Crippen LogP contribution in [0.15, 0.2) is 12.3 Å². The second-order valence-corrected chi connectivity index (χ2v) is 3.45. The van der Waals surface area contributed by atoms with Crippen LogP contribution in [-0.4, -0.2) is 17.5 Å². The first kappa shape index (κ1) is 6.26. The molecule has 2 heterocycles. The van der Waals surface area contributed by atoms with Crippen LogP contribution in [0.3, 0.4) is 0 Å². The van der Waals surface area contributed by atoms with Crippen LogP contribution in [0.25, 0.3) is 0 Å². The predicted molar refractivity (Wildman–Crippen MR) is 42.7 cm³/mol. The van der Waals surface area contributed by atoms with Crippen molar-refractivity contribution >= 4 is 0 Å². The third-order valence-electron chi connectivity index (χ3n) is 2.79. The van der Waals surface area contributed by atoms with Crippen LogP contribution in [0.4, 0.5) is 0 Å². The van der Waals surface area contributed by atoms with Gasteiger partial charge in [-0.1, -0.05) is 6.58 Å². The number of fused-ring (bicyclic) bond motifs is 1. The first-order valence-electron chi connectivity index (χ1n) is 4.32. The zero-order valence-corrected chi connectivity index (χ0v) is 6.47. The van der Waals surface area contributed by atoms with Gasteiger partial charge < -0.3 is 4.90 Å². The molecule has 0 aromatic carbocycles. The van der Waals surface area contributed by atoms with E-state index in [-0.39, 0.29) is 0 Å². The van der Waals surface area contributed by atoms with Crippen LogP contribution in [0.1, 0.15) is 32.1 Å². The first-order chi connectivity index (χ1) is 4.88. The van der Waals surface area contributed by atoms with Gasteiger partial charge in [0.25, 0.3) is 0 Å². The van der Waals surface area contributed by atoms with Crippen molar-refractivity contribution in [2.75, 3.05) is 6.54 Å². The van der Waals surface area contributed by atoms with E-state index in [9.17, 15) is 0 Å². The number of hydrogen-bond donors (Lipinski definition) is 0. The molecule has 0 radical (unpaired) electrons. The lowest BCUT2D eigenvalue weighted by Gasteiger charge is -2.33. The van der Waals surface area contributed by atoms with E-state index < -0.39 is 0 Å². The molecule has 0 spiro atoms. The highest BCUT2D eigenvalue weighted by Crippen LogP contribution is 2.31. The third kappa shape index (κ3) is 0.845. The maximum atomic E-state index is 4.08. The number of hydrogen-bond acceptors (Lipinski definition) is 1. The van der Waals surface area contributed by atoms with Gasteiger partial charge in [-0.2, -0.15) is 0 Å². The largest absolute Gasteiger partial charge is 0.372 e. The van der Waals surface area contributed by atoms with Gasteiger partial charge in [0.15, 0.2) is 0 Å². The van der Waals surface area contributed by atoms with Gasteiger partial charge in [-0.3, -0.25) is 0 Å². The van der Waals surface area contributed by atoms with Gasteiger partial charge in [0.2, 0.25) is 0 Å². The smallest absolute Gasteiger partial charge is 0.0287 e. The van der Waals surface area contributed by atoms with Crippen LogP contribution in [-0.2, 0) is 0 Å². The van der Waals surface area contributed by atoms with Crippen LogP contribution < -0.4 is 0 Å². The number of allylic oxidation sites excluding steroid dienone is 1. The fraction of sp³-hybridized carbons (Fsp3) is 0.778. The molecule has 2 aliphatic heterocycles. The molecule has 0 aliphatic carbocycles. The van der Waals surface area contributed by atoms with Gasteiger partial charge in [-0.25, -0.2) is 0 Å². The summed E-state index contributed by atoms with van der Waals surface area (Å²) in [6.45, 7) is 5.36. The van der Waals surface area contributed by atoms with Crippen LogP contribution in [0.5, 0.6) is 0 Å². The molecule has 0 aromatic rings. The zero-order chi connectivity index (χ0) is 6.97. The molecule has 2 fully saturated rings. The SMILES string of the molecule is C=C1CCCC2CCCN12. The Bertz CT molecular complexity index is 151. The van der Waals surface area contributed by atoms with E-state index in [0.29, 0.717) is 0 Å². The molecule has 56 valence electrons. The molecule has 2 saturated heterocycles. The summed E-state index contributed by atoms with van der Waals surface area (Å²) in [6.07, 6.45) is 6.85. The summed E-state index contributed by atoms with van der Waals surface area (Å²) in [5, 5.41) is 0. The van der Waals surface area contributed by atoms with Crippen molar-refractivity contribution in [3.05, 3.63) is 12.3 Å². The summed E-state index contributed by atoms with van der Waals surface area (Å²) in [4.78, 5) is 2.52. The molecule has 1 heteroatoms. The molecule has 1 unspecified atom stereocenters. The Labute approximate surface area is 62.7 Å². The molecule has 1 atom stereocenters. The molecule has 1 nitrogen and oxygen atoms in total. The fourth-order valence-electron chi connectivity index (χ4n) is 2.24. The lowest BCUT2D eigenvalue weighted by Crippen LogP contribution is -2.31. The maximum absolute atomic E-state index is 4.08. The van der Waals surface area contributed by atoms with E-state index in [2.05, 4.69) is 11.5 Å². The van der Waals surface area contributed by atoms with E-state index in [0.717, 1.165) is 6.04 Å². The van der Waals surface area contributed by atoms with E-state index in [4.69, 9.17) is 0 Å². The molecular formula is C9H15N. The molecule has 0 aromatic heterocycles. The van der Waals surface area contributed by atoms with Crippen molar-refractivity contribution in [2.45, 2.75) is 38.1 Å². The molecular weight excluding hydrogens is 122 g/mol. The lowest BCUT2D eigenvalue weighted by atomic mass is 10.0. The molecule has 2 rings (SSSR count). The van der Waals surface area contributed by atoms with Gasteiger partial charge in [-0.15, -0.1) is 0 Å². The molecule has 0 saturated carbocycles. The van der Waals surface area contributed by atoms with Crippen molar-refractivity contribution in [1.82, 2.24) is 4.90 Å². The molecule has 2 aliphatic rings. The standard InChI is InChI=1S/C9H15N/c1-8-4-2-5-9-6-3-7-10(8)9/h9H,1-7H2. The highest BCUT2D eigenvalue weighted by molar-refractivity contribution is 5.03. The van der Waals surface area contributed by atoms with Crippen LogP contribution in [0.2, 0.25) is 0 Å².